The van der Waals surface area contributed by atoms with Gasteiger partial charge in [-0.05, 0) is 29.7 Å². The molecule has 7 heteroatoms. The molecule has 2 N–H and O–H groups in total. The van der Waals surface area contributed by atoms with E-state index in [4.69, 9.17) is 0 Å². The van der Waals surface area contributed by atoms with Gasteiger partial charge in [-0.1, -0.05) is 43.3 Å². The van der Waals surface area contributed by atoms with Gasteiger partial charge < -0.3 is 10.6 Å². The first-order chi connectivity index (χ1) is 11.8. The molecule has 0 aliphatic carbocycles. The van der Waals surface area contributed by atoms with Crippen LogP contribution in [0.1, 0.15) is 24.0 Å². The average Bonchev–Trinajstić information content (AvgIpc) is 2.59. The van der Waals surface area contributed by atoms with Gasteiger partial charge in [-0.2, -0.15) is 13.2 Å². The lowest BCUT2D eigenvalue weighted by atomic mass is 10.0. The third-order valence-corrected chi connectivity index (χ3v) is 3.59. The number of amides is 2. The van der Waals surface area contributed by atoms with Crippen molar-refractivity contribution in [3.05, 3.63) is 65.7 Å². The Balaban J connectivity index is 1.91. The van der Waals surface area contributed by atoms with Crippen molar-refractivity contribution in [2.45, 2.75) is 19.0 Å². The molecular weight excluding hydrogens is 333 g/mol. The lowest BCUT2D eigenvalue weighted by Gasteiger charge is -2.13. The minimum atomic E-state index is -4.52. The molecule has 2 rings (SSSR count). The van der Waals surface area contributed by atoms with E-state index in [0.29, 0.717) is 0 Å². The summed E-state index contributed by atoms with van der Waals surface area (Å²) in [5.41, 5.74) is 0.00979. The van der Waals surface area contributed by atoms with Crippen molar-refractivity contribution in [1.29, 1.82) is 0 Å². The molecule has 0 aliphatic rings. The number of rotatable bonds is 4. The summed E-state index contributed by atoms with van der Waals surface area (Å²) in [6.07, 6.45) is -4.52. The number of carbonyl (C=O) groups is 2. The number of benzene rings is 2. The van der Waals surface area contributed by atoms with Crippen LogP contribution in [0.4, 0.5) is 18.9 Å². The van der Waals surface area contributed by atoms with Gasteiger partial charge in [0.25, 0.3) is 0 Å². The van der Waals surface area contributed by atoms with Crippen LogP contribution >= 0.6 is 0 Å². The molecule has 0 spiro atoms. The first kappa shape index (κ1) is 18.5. The average molecular weight is 350 g/mol. The molecule has 0 radical (unpaired) electrons. The number of nitrogens with one attached hydrogen (secondary N) is 2. The summed E-state index contributed by atoms with van der Waals surface area (Å²) in [6, 6.07) is 13.5. The number of halogens is 3. The van der Waals surface area contributed by atoms with Crippen molar-refractivity contribution in [2.75, 3.05) is 11.9 Å². The third-order valence-electron chi connectivity index (χ3n) is 3.59. The van der Waals surface area contributed by atoms with Gasteiger partial charge in [0.2, 0.25) is 0 Å². The smallest absolute Gasteiger partial charge is 0.347 e. The molecule has 0 heterocycles. The first-order valence-corrected chi connectivity index (χ1v) is 7.59. The fourth-order valence-electron chi connectivity index (χ4n) is 2.19. The topological polar surface area (TPSA) is 58.2 Å². The predicted octanol–water partition coefficient (Wildman–Crippen LogP) is 3.56. The molecule has 0 aromatic heterocycles. The Morgan fingerprint density at radius 1 is 1.00 bits per heavy atom. The minimum absolute atomic E-state index is 0.00786. The highest BCUT2D eigenvalue weighted by Crippen LogP contribution is 2.30. The molecule has 1 atom stereocenters. The first-order valence-electron chi connectivity index (χ1n) is 7.59. The number of anilines is 1. The van der Waals surface area contributed by atoms with Crippen LogP contribution < -0.4 is 10.6 Å². The molecule has 0 bridgehead atoms. The van der Waals surface area contributed by atoms with Gasteiger partial charge in [0.15, 0.2) is 0 Å². The normalized spacial score (nSPS) is 12.3. The van der Waals surface area contributed by atoms with Crippen molar-refractivity contribution in [2.24, 2.45) is 0 Å². The quantitative estimate of drug-likeness (QED) is 0.829. The molecule has 4 nitrogen and oxygen atoms in total. The number of hydrogen-bond donors (Lipinski definition) is 2. The summed E-state index contributed by atoms with van der Waals surface area (Å²) in [7, 11) is 0. The lowest BCUT2D eigenvalue weighted by Crippen LogP contribution is -2.37. The van der Waals surface area contributed by atoms with E-state index in [0.717, 1.165) is 23.8 Å². The Kier molecular flexibility index (Phi) is 5.80. The largest absolute Gasteiger partial charge is 0.416 e. The van der Waals surface area contributed by atoms with E-state index in [-0.39, 0.29) is 18.2 Å². The monoisotopic (exact) mass is 350 g/mol. The van der Waals surface area contributed by atoms with Crippen LogP contribution in [-0.2, 0) is 15.8 Å². The predicted molar refractivity (Wildman–Crippen MR) is 87.9 cm³/mol. The van der Waals surface area contributed by atoms with Crippen LogP contribution in [0.25, 0.3) is 0 Å². The number of carbonyl (C=O) groups excluding carboxylic acids is 2. The molecule has 25 heavy (non-hydrogen) atoms. The van der Waals surface area contributed by atoms with Crippen LogP contribution in [0.3, 0.4) is 0 Å². The van der Waals surface area contributed by atoms with Gasteiger partial charge in [0.1, 0.15) is 0 Å². The second-order valence-corrected chi connectivity index (χ2v) is 5.55. The molecule has 132 valence electrons. The zero-order valence-corrected chi connectivity index (χ0v) is 13.4. The van der Waals surface area contributed by atoms with E-state index in [1.807, 2.05) is 37.3 Å². The van der Waals surface area contributed by atoms with E-state index in [2.05, 4.69) is 10.6 Å². The van der Waals surface area contributed by atoms with E-state index in [9.17, 15) is 22.8 Å². The Bertz CT molecular complexity index is 745. The summed E-state index contributed by atoms with van der Waals surface area (Å²) >= 11 is 0. The molecule has 0 unspecified atom stereocenters. The molecule has 0 saturated carbocycles. The van der Waals surface area contributed by atoms with E-state index in [1.54, 1.807) is 0 Å². The zero-order valence-electron chi connectivity index (χ0n) is 13.4. The Hall–Kier alpha value is -2.83. The van der Waals surface area contributed by atoms with Gasteiger partial charge in [0, 0.05) is 12.2 Å². The zero-order chi connectivity index (χ0) is 18.4. The van der Waals surface area contributed by atoms with Crippen LogP contribution in [-0.4, -0.2) is 18.4 Å². The highest BCUT2D eigenvalue weighted by atomic mass is 19.4. The SMILES string of the molecule is C[C@@H](CNC(=O)C(=O)Nc1cccc(C(F)(F)F)c1)c1ccccc1. The molecule has 2 aromatic carbocycles. The van der Waals surface area contributed by atoms with Crippen molar-refractivity contribution in [3.63, 3.8) is 0 Å². The third kappa shape index (κ3) is 5.34. The second-order valence-electron chi connectivity index (χ2n) is 5.55. The standard InChI is InChI=1S/C18H17F3N2O2/c1-12(13-6-3-2-4-7-13)11-22-16(24)17(25)23-15-9-5-8-14(10-15)18(19,20)21/h2-10,12H,11H2,1H3,(H,22,24)(H,23,25)/t12-/m0/s1. The van der Waals surface area contributed by atoms with E-state index < -0.39 is 23.6 Å². The van der Waals surface area contributed by atoms with Gasteiger partial charge >= 0.3 is 18.0 Å². The van der Waals surface area contributed by atoms with Crippen molar-refractivity contribution >= 4 is 17.5 Å². The van der Waals surface area contributed by atoms with Crippen LogP contribution in [0.15, 0.2) is 54.6 Å². The van der Waals surface area contributed by atoms with Crippen molar-refractivity contribution in [3.8, 4) is 0 Å². The number of alkyl halides is 3. The van der Waals surface area contributed by atoms with Crippen LogP contribution in [0.2, 0.25) is 0 Å². The van der Waals surface area contributed by atoms with E-state index >= 15 is 0 Å². The maximum Gasteiger partial charge on any atom is 0.416 e. The van der Waals surface area contributed by atoms with Gasteiger partial charge in [-0.15, -0.1) is 0 Å². The maximum absolute atomic E-state index is 12.6. The summed E-state index contributed by atoms with van der Waals surface area (Å²) in [4.78, 5) is 23.6. The molecule has 0 fully saturated rings. The van der Waals surface area contributed by atoms with Gasteiger partial charge in [-0.25, -0.2) is 0 Å². The summed E-state index contributed by atoms with van der Waals surface area (Å²) in [5, 5.41) is 4.64. The molecule has 2 amide bonds. The Morgan fingerprint density at radius 2 is 1.68 bits per heavy atom. The van der Waals surface area contributed by atoms with Gasteiger partial charge in [-0.3, -0.25) is 9.59 Å². The summed E-state index contributed by atoms with van der Waals surface area (Å²) < 4.78 is 37.9. The van der Waals surface area contributed by atoms with Crippen molar-refractivity contribution in [1.82, 2.24) is 5.32 Å². The fraction of sp³-hybridized carbons (Fsp3) is 0.222. The minimum Gasteiger partial charge on any atom is -0.347 e. The fourth-order valence-corrected chi connectivity index (χ4v) is 2.19. The molecule has 0 saturated heterocycles. The summed E-state index contributed by atoms with van der Waals surface area (Å²) in [5.74, 6) is -1.92. The lowest BCUT2D eigenvalue weighted by molar-refractivity contribution is -0.137. The maximum atomic E-state index is 12.6. The van der Waals surface area contributed by atoms with Crippen molar-refractivity contribution < 1.29 is 22.8 Å². The second kappa shape index (κ2) is 7.83. The summed E-state index contributed by atoms with van der Waals surface area (Å²) in [6.45, 7) is 2.12. The van der Waals surface area contributed by atoms with Crippen LogP contribution in [0, 0.1) is 0 Å². The molecule has 2 aromatic rings. The highest BCUT2D eigenvalue weighted by Gasteiger charge is 2.30. The molecular formula is C18H17F3N2O2. The molecule has 0 aliphatic heterocycles. The Labute approximate surface area is 143 Å². The number of hydrogen-bond acceptors (Lipinski definition) is 2. The van der Waals surface area contributed by atoms with E-state index in [1.165, 1.54) is 6.07 Å². The van der Waals surface area contributed by atoms with Crippen LogP contribution in [0.5, 0.6) is 0 Å². The highest BCUT2D eigenvalue weighted by molar-refractivity contribution is 6.39. The van der Waals surface area contributed by atoms with Gasteiger partial charge in [0.05, 0.1) is 5.56 Å². The Morgan fingerprint density at radius 3 is 2.32 bits per heavy atom.